The Labute approximate surface area is 118 Å². The van der Waals surface area contributed by atoms with Gasteiger partial charge < -0.3 is 5.73 Å². The summed E-state index contributed by atoms with van der Waals surface area (Å²) in [6, 6.07) is 25.6. The fourth-order valence-corrected chi connectivity index (χ4v) is 3.20. The molecular formula is C19H15N. The highest BCUT2D eigenvalue weighted by atomic mass is 14.5. The van der Waals surface area contributed by atoms with Gasteiger partial charge in [-0.15, -0.1) is 0 Å². The van der Waals surface area contributed by atoms with Crippen molar-refractivity contribution in [2.45, 2.75) is 5.92 Å². The van der Waals surface area contributed by atoms with Crippen LogP contribution in [0.15, 0.2) is 72.8 Å². The van der Waals surface area contributed by atoms with Gasteiger partial charge in [0.2, 0.25) is 0 Å². The number of benzene rings is 3. The van der Waals surface area contributed by atoms with E-state index in [2.05, 4.69) is 60.7 Å². The first kappa shape index (κ1) is 11.3. The summed E-state index contributed by atoms with van der Waals surface area (Å²) in [6.07, 6.45) is 0. The third-order valence-electron chi connectivity index (χ3n) is 4.10. The fraction of sp³-hybridized carbons (Fsp3) is 0.0526. The molecule has 1 heteroatoms. The lowest BCUT2D eigenvalue weighted by atomic mass is 9.89. The Hall–Kier alpha value is -2.54. The Balaban J connectivity index is 1.97. The minimum absolute atomic E-state index is 0.322. The molecule has 2 N–H and O–H groups in total. The maximum atomic E-state index is 5.81. The minimum Gasteiger partial charge on any atom is -0.399 e. The zero-order chi connectivity index (χ0) is 13.5. The number of fused-ring (bicyclic) bond motifs is 3. The molecule has 20 heavy (non-hydrogen) atoms. The molecule has 0 saturated heterocycles. The molecule has 1 aliphatic carbocycles. The van der Waals surface area contributed by atoms with Crippen LogP contribution >= 0.6 is 0 Å². The summed E-state index contributed by atoms with van der Waals surface area (Å²) in [7, 11) is 0. The summed E-state index contributed by atoms with van der Waals surface area (Å²) in [6.45, 7) is 0. The summed E-state index contributed by atoms with van der Waals surface area (Å²) in [5.74, 6) is 0.322. The van der Waals surface area contributed by atoms with E-state index in [4.69, 9.17) is 5.73 Å². The van der Waals surface area contributed by atoms with Crippen molar-refractivity contribution in [2.24, 2.45) is 0 Å². The predicted octanol–water partition coefficient (Wildman–Crippen LogP) is 4.43. The molecule has 0 aliphatic heterocycles. The highest BCUT2D eigenvalue weighted by molar-refractivity contribution is 5.80. The second-order valence-electron chi connectivity index (χ2n) is 5.27. The van der Waals surface area contributed by atoms with Gasteiger partial charge in [0.05, 0.1) is 0 Å². The number of nitrogen functional groups attached to an aromatic ring is 1. The number of anilines is 1. The summed E-state index contributed by atoms with van der Waals surface area (Å²) in [4.78, 5) is 0. The van der Waals surface area contributed by atoms with Gasteiger partial charge in [0, 0.05) is 11.6 Å². The summed E-state index contributed by atoms with van der Waals surface area (Å²) in [5.41, 5.74) is 13.4. The molecule has 0 bridgehead atoms. The SMILES string of the molecule is Nc1ccc(C2c3ccccc3-c3ccccc32)cc1. The van der Waals surface area contributed by atoms with Crippen LogP contribution in [0.25, 0.3) is 11.1 Å². The molecule has 1 nitrogen and oxygen atoms in total. The van der Waals surface area contributed by atoms with Gasteiger partial charge >= 0.3 is 0 Å². The van der Waals surface area contributed by atoms with Crippen LogP contribution in [0.2, 0.25) is 0 Å². The Morgan fingerprint density at radius 3 is 1.65 bits per heavy atom. The zero-order valence-corrected chi connectivity index (χ0v) is 11.1. The second kappa shape index (κ2) is 4.24. The maximum Gasteiger partial charge on any atom is 0.0352 e. The van der Waals surface area contributed by atoms with E-state index in [-0.39, 0.29) is 0 Å². The fourth-order valence-electron chi connectivity index (χ4n) is 3.20. The van der Waals surface area contributed by atoms with Crippen molar-refractivity contribution >= 4 is 5.69 Å². The molecular weight excluding hydrogens is 242 g/mol. The van der Waals surface area contributed by atoms with Crippen LogP contribution in [0.4, 0.5) is 5.69 Å². The first-order valence-electron chi connectivity index (χ1n) is 6.88. The van der Waals surface area contributed by atoms with Crippen molar-refractivity contribution in [3.05, 3.63) is 89.5 Å². The van der Waals surface area contributed by atoms with Gasteiger partial charge in [-0.1, -0.05) is 60.7 Å². The van der Waals surface area contributed by atoms with Gasteiger partial charge in [-0.25, -0.2) is 0 Å². The highest BCUT2D eigenvalue weighted by Crippen LogP contribution is 2.47. The van der Waals surface area contributed by atoms with E-state index in [0.717, 1.165) is 5.69 Å². The molecule has 0 saturated carbocycles. The van der Waals surface area contributed by atoms with Crippen molar-refractivity contribution < 1.29 is 0 Å². The Kier molecular flexibility index (Phi) is 2.40. The second-order valence-corrected chi connectivity index (χ2v) is 5.27. The van der Waals surface area contributed by atoms with Crippen LogP contribution in [0.5, 0.6) is 0 Å². The largest absolute Gasteiger partial charge is 0.399 e. The van der Waals surface area contributed by atoms with Crippen molar-refractivity contribution in [3.63, 3.8) is 0 Å². The average molecular weight is 257 g/mol. The van der Waals surface area contributed by atoms with Gasteiger partial charge in [0.25, 0.3) is 0 Å². The van der Waals surface area contributed by atoms with E-state index in [9.17, 15) is 0 Å². The molecule has 0 heterocycles. The molecule has 4 rings (SSSR count). The van der Waals surface area contributed by atoms with Gasteiger partial charge in [-0.05, 0) is 39.9 Å². The van der Waals surface area contributed by atoms with E-state index in [1.807, 2.05) is 12.1 Å². The lowest BCUT2D eigenvalue weighted by Crippen LogP contribution is -1.99. The Morgan fingerprint density at radius 2 is 1.10 bits per heavy atom. The first-order chi connectivity index (χ1) is 9.84. The molecule has 0 aromatic heterocycles. The first-order valence-corrected chi connectivity index (χ1v) is 6.88. The standard InChI is InChI=1S/C19H15N/c20-14-11-9-13(10-12-14)19-17-7-3-1-5-15(17)16-6-2-4-8-18(16)19/h1-12,19H,20H2. The third kappa shape index (κ3) is 1.56. The summed E-state index contributed by atoms with van der Waals surface area (Å²) < 4.78 is 0. The van der Waals surface area contributed by atoms with Crippen molar-refractivity contribution in [2.75, 3.05) is 5.73 Å². The molecule has 0 fully saturated rings. The van der Waals surface area contributed by atoms with Crippen LogP contribution in [-0.4, -0.2) is 0 Å². The van der Waals surface area contributed by atoms with Crippen molar-refractivity contribution in [1.82, 2.24) is 0 Å². The molecule has 3 aromatic rings. The third-order valence-corrected chi connectivity index (χ3v) is 4.10. The topological polar surface area (TPSA) is 26.0 Å². The minimum atomic E-state index is 0.322. The van der Waals surface area contributed by atoms with Crippen molar-refractivity contribution in [1.29, 1.82) is 0 Å². The van der Waals surface area contributed by atoms with Crippen molar-refractivity contribution in [3.8, 4) is 11.1 Å². The molecule has 0 atom stereocenters. The lowest BCUT2D eigenvalue weighted by Gasteiger charge is -2.14. The van der Waals surface area contributed by atoms with Crippen LogP contribution < -0.4 is 5.73 Å². The van der Waals surface area contributed by atoms with Crippen LogP contribution in [0.1, 0.15) is 22.6 Å². The molecule has 1 aliphatic rings. The quantitative estimate of drug-likeness (QED) is 0.502. The smallest absolute Gasteiger partial charge is 0.0352 e. The van der Waals surface area contributed by atoms with E-state index in [1.165, 1.54) is 27.8 Å². The van der Waals surface area contributed by atoms with Crippen LogP contribution in [-0.2, 0) is 0 Å². The molecule has 0 unspecified atom stereocenters. The molecule has 0 radical (unpaired) electrons. The number of nitrogens with two attached hydrogens (primary N) is 1. The molecule has 96 valence electrons. The number of rotatable bonds is 1. The zero-order valence-electron chi connectivity index (χ0n) is 11.1. The summed E-state index contributed by atoms with van der Waals surface area (Å²) >= 11 is 0. The number of hydrogen-bond acceptors (Lipinski definition) is 1. The van der Waals surface area contributed by atoms with E-state index in [0.29, 0.717) is 5.92 Å². The van der Waals surface area contributed by atoms with Crippen LogP contribution in [0.3, 0.4) is 0 Å². The number of hydrogen-bond donors (Lipinski definition) is 1. The predicted molar refractivity (Wildman–Crippen MR) is 83.7 cm³/mol. The highest BCUT2D eigenvalue weighted by Gasteiger charge is 2.28. The molecule has 3 aromatic carbocycles. The Bertz CT molecular complexity index is 726. The van der Waals surface area contributed by atoms with E-state index in [1.54, 1.807) is 0 Å². The monoisotopic (exact) mass is 257 g/mol. The van der Waals surface area contributed by atoms with Gasteiger partial charge in [-0.2, -0.15) is 0 Å². The summed E-state index contributed by atoms with van der Waals surface area (Å²) in [5, 5.41) is 0. The molecule has 0 amide bonds. The van der Waals surface area contributed by atoms with E-state index < -0.39 is 0 Å². The lowest BCUT2D eigenvalue weighted by molar-refractivity contribution is 1.02. The van der Waals surface area contributed by atoms with Gasteiger partial charge in [0.15, 0.2) is 0 Å². The average Bonchev–Trinajstić information content (AvgIpc) is 2.83. The Morgan fingerprint density at radius 1 is 0.600 bits per heavy atom. The maximum absolute atomic E-state index is 5.81. The molecule has 0 spiro atoms. The normalized spacial score (nSPS) is 13.0. The van der Waals surface area contributed by atoms with Gasteiger partial charge in [-0.3, -0.25) is 0 Å². The van der Waals surface area contributed by atoms with E-state index >= 15 is 0 Å². The van der Waals surface area contributed by atoms with Crippen LogP contribution in [0, 0.1) is 0 Å². The van der Waals surface area contributed by atoms with Gasteiger partial charge in [0.1, 0.15) is 0 Å².